The highest BCUT2D eigenvalue weighted by molar-refractivity contribution is 7.80. The second-order valence-electron chi connectivity index (χ2n) is 3.57. The average molecular weight is 263 g/mol. The lowest BCUT2D eigenvalue weighted by Crippen LogP contribution is -2.42. The van der Waals surface area contributed by atoms with Gasteiger partial charge in [-0.3, -0.25) is 4.79 Å². The predicted molar refractivity (Wildman–Crippen MR) is 68.1 cm³/mol. The maximum absolute atomic E-state index is 11.5. The second-order valence-corrected chi connectivity index (χ2v) is 3.93. The molecule has 0 aromatic heterocycles. The van der Waals surface area contributed by atoms with Gasteiger partial charge in [0.05, 0.1) is 6.61 Å². The van der Waals surface area contributed by atoms with Crippen LogP contribution in [-0.2, 0) is 19.1 Å². The van der Waals surface area contributed by atoms with Crippen LogP contribution in [0.2, 0.25) is 0 Å². The Morgan fingerprint density at radius 3 is 2.53 bits per heavy atom. The number of amides is 1. The van der Waals surface area contributed by atoms with Crippen LogP contribution in [0.5, 0.6) is 0 Å². The van der Waals surface area contributed by atoms with Crippen molar-refractivity contribution in [2.75, 3.05) is 25.6 Å². The molecule has 0 aliphatic carbocycles. The third-order valence-electron chi connectivity index (χ3n) is 1.96. The molecule has 0 aliphatic rings. The van der Waals surface area contributed by atoms with Crippen LogP contribution >= 0.6 is 12.6 Å². The summed E-state index contributed by atoms with van der Waals surface area (Å²) < 4.78 is 10.2. The molecule has 1 N–H and O–H groups in total. The molecule has 0 radical (unpaired) electrons. The van der Waals surface area contributed by atoms with E-state index in [1.807, 2.05) is 0 Å². The number of carbonyl (C=O) groups excluding carboxylic acids is 2. The predicted octanol–water partition coefficient (Wildman–Crippen LogP) is 0.781. The number of unbranched alkanes of at least 4 members (excludes halogenated alkanes) is 1. The van der Waals surface area contributed by atoms with Crippen LogP contribution < -0.4 is 5.32 Å². The summed E-state index contributed by atoms with van der Waals surface area (Å²) in [6.07, 6.45) is 2.07. The third-order valence-corrected chi connectivity index (χ3v) is 2.32. The summed E-state index contributed by atoms with van der Waals surface area (Å²) in [5.41, 5.74) is 0. The monoisotopic (exact) mass is 263 g/mol. The molecule has 1 atom stereocenters. The molecule has 0 heterocycles. The Bertz CT molecular complexity index is 236. The summed E-state index contributed by atoms with van der Waals surface area (Å²) in [4.78, 5) is 22.2. The number of hydrogen-bond acceptors (Lipinski definition) is 5. The number of rotatable bonds is 9. The van der Waals surface area contributed by atoms with Gasteiger partial charge in [-0.15, -0.1) is 0 Å². The lowest BCUT2D eigenvalue weighted by Gasteiger charge is -2.14. The van der Waals surface area contributed by atoms with Gasteiger partial charge in [-0.05, 0) is 6.42 Å². The molecule has 0 aromatic rings. The fourth-order valence-corrected chi connectivity index (χ4v) is 1.32. The Morgan fingerprint density at radius 1 is 1.29 bits per heavy atom. The molecule has 1 amide bonds. The van der Waals surface area contributed by atoms with Gasteiger partial charge in [0.1, 0.15) is 12.6 Å². The molecule has 0 fully saturated rings. The lowest BCUT2D eigenvalue weighted by atomic mass is 10.3. The second kappa shape index (κ2) is 10.4. The first-order valence-corrected chi connectivity index (χ1v) is 6.37. The minimum Gasteiger partial charge on any atom is -0.462 e. The van der Waals surface area contributed by atoms with E-state index in [4.69, 9.17) is 9.47 Å². The van der Waals surface area contributed by atoms with E-state index < -0.39 is 12.0 Å². The number of thiol groups is 1. The van der Waals surface area contributed by atoms with E-state index >= 15 is 0 Å². The van der Waals surface area contributed by atoms with Crippen LogP contribution in [0.25, 0.3) is 0 Å². The van der Waals surface area contributed by atoms with E-state index in [0.717, 1.165) is 12.8 Å². The molecular formula is C11H21NO4S. The number of hydrogen-bond donors (Lipinski definition) is 2. The first-order valence-electron chi connectivity index (χ1n) is 5.74. The van der Waals surface area contributed by atoms with Crippen molar-refractivity contribution in [2.45, 2.75) is 32.7 Å². The van der Waals surface area contributed by atoms with Crippen molar-refractivity contribution >= 4 is 24.5 Å². The van der Waals surface area contributed by atoms with Crippen molar-refractivity contribution in [1.29, 1.82) is 0 Å². The maximum atomic E-state index is 11.5. The van der Waals surface area contributed by atoms with E-state index in [9.17, 15) is 9.59 Å². The van der Waals surface area contributed by atoms with E-state index in [0.29, 0.717) is 13.2 Å². The normalized spacial score (nSPS) is 11.9. The topological polar surface area (TPSA) is 64.6 Å². The molecule has 0 saturated carbocycles. The van der Waals surface area contributed by atoms with Gasteiger partial charge in [-0.2, -0.15) is 12.6 Å². The van der Waals surface area contributed by atoms with Crippen molar-refractivity contribution in [3.8, 4) is 0 Å². The van der Waals surface area contributed by atoms with Crippen LogP contribution in [0.4, 0.5) is 0 Å². The standard InChI is InChI=1S/C11H21NO4S/c1-3-4-5-15-6-7-16-11(14)10(8-17)12-9(2)13/h10,17H,3-8H2,1-2H3,(H,12,13)/t10-/m0/s1. The summed E-state index contributed by atoms with van der Waals surface area (Å²) in [7, 11) is 0. The highest BCUT2D eigenvalue weighted by atomic mass is 32.1. The Morgan fingerprint density at radius 2 is 2.00 bits per heavy atom. The van der Waals surface area contributed by atoms with Crippen molar-refractivity contribution < 1.29 is 19.1 Å². The zero-order valence-corrected chi connectivity index (χ0v) is 11.3. The molecule has 100 valence electrons. The number of nitrogens with one attached hydrogen (secondary N) is 1. The van der Waals surface area contributed by atoms with Crippen LogP contribution in [0.3, 0.4) is 0 Å². The highest BCUT2D eigenvalue weighted by Gasteiger charge is 2.18. The number of esters is 1. The molecular weight excluding hydrogens is 242 g/mol. The molecule has 6 heteroatoms. The lowest BCUT2D eigenvalue weighted by molar-refractivity contribution is -0.148. The number of carbonyl (C=O) groups is 2. The van der Waals surface area contributed by atoms with Crippen molar-refractivity contribution in [3.63, 3.8) is 0 Å². The van der Waals surface area contributed by atoms with Crippen molar-refractivity contribution in [1.82, 2.24) is 5.32 Å². The molecule has 0 bridgehead atoms. The van der Waals surface area contributed by atoms with Gasteiger partial charge in [0.2, 0.25) is 5.91 Å². The molecule has 0 saturated heterocycles. The van der Waals surface area contributed by atoms with E-state index in [-0.39, 0.29) is 18.3 Å². The highest BCUT2D eigenvalue weighted by Crippen LogP contribution is 1.94. The zero-order chi connectivity index (χ0) is 13.1. The smallest absolute Gasteiger partial charge is 0.329 e. The van der Waals surface area contributed by atoms with Crippen molar-refractivity contribution in [3.05, 3.63) is 0 Å². The summed E-state index contributed by atoms with van der Waals surface area (Å²) in [6.45, 7) is 4.68. The van der Waals surface area contributed by atoms with E-state index in [1.165, 1.54) is 6.92 Å². The molecule has 0 unspecified atom stereocenters. The van der Waals surface area contributed by atoms with Crippen LogP contribution in [0.15, 0.2) is 0 Å². The molecule has 17 heavy (non-hydrogen) atoms. The molecule has 0 rings (SSSR count). The van der Waals surface area contributed by atoms with Gasteiger partial charge in [0.25, 0.3) is 0 Å². The summed E-state index contributed by atoms with van der Waals surface area (Å²) in [6, 6.07) is -0.688. The van der Waals surface area contributed by atoms with Gasteiger partial charge in [0.15, 0.2) is 0 Å². The minimum atomic E-state index is -0.688. The molecule has 0 aromatic carbocycles. The molecule has 0 aliphatic heterocycles. The van der Waals surface area contributed by atoms with Gasteiger partial charge in [-0.1, -0.05) is 13.3 Å². The van der Waals surface area contributed by atoms with Gasteiger partial charge < -0.3 is 14.8 Å². The van der Waals surface area contributed by atoms with Gasteiger partial charge in [-0.25, -0.2) is 4.79 Å². The average Bonchev–Trinajstić information content (AvgIpc) is 2.30. The Balaban J connectivity index is 3.64. The van der Waals surface area contributed by atoms with Crippen LogP contribution in [0, 0.1) is 0 Å². The summed E-state index contributed by atoms with van der Waals surface area (Å²) in [5.74, 6) is -0.538. The Labute approximate surface area is 108 Å². The van der Waals surface area contributed by atoms with Crippen LogP contribution in [-0.4, -0.2) is 43.5 Å². The zero-order valence-electron chi connectivity index (χ0n) is 10.4. The third kappa shape index (κ3) is 9.00. The summed E-state index contributed by atoms with van der Waals surface area (Å²) in [5, 5.41) is 2.46. The maximum Gasteiger partial charge on any atom is 0.329 e. The summed E-state index contributed by atoms with van der Waals surface area (Å²) >= 11 is 3.97. The van der Waals surface area contributed by atoms with Crippen molar-refractivity contribution in [2.24, 2.45) is 0 Å². The fourth-order valence-electron chi connectivity index (χ4n) is 1.07. The van der Waals surface area contributed by atoms with Gasteiger partial charge >= 0.3 is 5.97 Å². The largest absolute Gasteiger partial charge is 0.462 e. The Kier molecular flexibility index (Phi) is 9.95. The Hall–Kier alpha value is -0.750. The van der Waals surface area contributed by atoms with E-state index in [2.05, 4.69) is 24.9 Å². The minimum absolute atomic E-state index is 0.201. The fraction of sp³-hybridized carbons (Fsp3) is 0.818. The van der Waals surface area contributed by atoms with E-state index in [1.54, 1.807) is 0 Å². The first-order chi connectivity index (χ1) is 8.11. The molecule has 5 nitrogen and oxygen atoms in total. The first kappa shape index (κ1) is 16.2. The van der Waals surface area contributed by atoms with Crippen LogP contribution in [0.1, 0.15) is 26.7 Å². The number of ether oxygens (including phenoxy) is 2. The van der Waals surface area contributed by atoms with Gasteiger partial charge in [0, 0.05) is 19.3 Å². The molecule has 0 spiro atoms. The quantitative estimate of drug-likeness (QED) is 0.366. The SMILES string of the molecule is CCCCOCCOC(=O)[C@H](CS)NC(C)=O.